The number of benzene rings is 1. The summed E-state index contributed by atoms with van der Waals surface area (Å²) in [6, 6.07) is 5.61. The van der Waals surface area contributed by atoms with Crippen LogP contribution in [0.1, 0.15) is 22.4 Å². The number of thiazole rings is 1. The standard InChI is InChI=1S/C17H23ClN4OS/c1-4-14-11-21-16(24-14)7-8-20-17(19-2)22-10-12-5-6-13(18)9-15(12)23-3/h5-6,9,11H,4,7-8,10H2,1-3H3,(H2,19,20,22). The zero-order valence-corrected chi connectivity index (χ0v) is 15.8. The molecule has 2 N–H and O–H groups in total. The Kier molecular flexibility index (Phi) is 7.34. The van der Waals surface area contributed by atoms with E-state index in [0.29, 0.717) is 11.6 Å². The number of hydrogen-bond acceptors (Lipinski definition) is 4. The molecule has 0 spiro atoms. The minimum absolute atomic E-state index is 0.608. The Morgan fingerprint density at radius 3 is 2.88 bits per heavy atom. The van der Waals surface area contributed by atoms with E-state index < -0.39 is 0 Å². The van der Waals surface area contributed by atoms with Crippen LogP contribution in [0.25, 0.3) is 0 Å². The van der Waals surface area contributed by atoms with Crippen molar-refractivity contribution in [3.8, 4) is 5.75 Å². The van der Waals surface area contributed by atoms with E-state index in [1.807, 2.05) is 24.4 Å². The number of hydrogen-bond donors (Lipinski definition) is 2. The molecule has 0 amide bonds. The number of nitrogens with zero attached hydrogens (tertiary/aromatic N) is 2. The molecule has 1 heterocycles. The number of guanidine groups is 1. The fraction of sp³-hybridized carbons (Fsp3) is 0.412. The van der Waals surface area contributed by atoms with Crippen LogP contribution in [0.3, 0.4) is 0 Å². The van der Waals surface area contributed by atoms with Gasteiger partial charge in [-0.05, 0) is 18.6 Å². The van der Waals surface area contributed by atoms with Gasteiger partial charge in [-0.1, -0.05) is 24.6 Å². The monoisotopic (exact) mass is 366 g/mol. The lowest BCUT2D eigenvalue weighted by Crippen LogP contribution is -2.37. The highest BCUT2D eigenvalue weighted by Crippen LogP contribution is 2.22. The van der Waals surface area contributed by atoms with Crippen molar-refractivity contribution in [1.82, 2.24) is 15.6 Å². The molecule has 2 rings (SSSR count). The Morgan fingerprint density at radius 1 is 1.38 bits per heavy atom. The summed E-state index contributed by atoms with van der Waals surface area (Å²) in [4.78, 5) is 9.98. The minimum atomic E-state index is 0.608. The number of methoxy groups -OCH3 is 1. The van der Waals surface area contributed by atoms with Gasteiger partial charge in [-0.15, -0.1) is 11.3 Å². The Morgan fingerprint density at radius 2 is 2.21 bits per heavy atom. The molecule has 7 heteroatoms. The summed E-state index contributed by atoms with van der Waals surface area (Å²) in [5.41, 5.74) is 1.03. The molecule has 0 bridgehead atoms. The molecule has 0 atom stereocenters. The third kappa shape index (κ3) is 5.39. The number of halogens is 1. The van der Waals surface area contributed by atoms with Gasteiger partial charge in [0, 0.05) is 48.2 Å². The third-order valence-corrected chi connectivity index (χ3v) is 4.94. The average Bonchev–Trinajstić information content (AvgIpc) is 3.06. The van der Waals surface area contributed by atoms with Crippen molar-refractivity contribution in [2.75, 3.05) is 20.7 Å². The third-order valence-electron chi connectivity index (χ3n) is 3.50. The number of aryl methyl sites for hydroxylation is 1. The normalized spacial score (nSPS) is 11.4. The van der Waals surface area contributed by atoms with Gasteiger partial charge in [-0.3, -0.25) is 4.99 Å². The molecule has 130 valence electrons. The van der Waals surface area contributed by atoms with Crippen LogP contribution in [0, 0.1) is 0 Å². The van der Waals surface area contributed by atoms with Gasteiger partial charge < -0.3 is 15.4 Å². The molecule has 0 saturated carbocycles. The number of rotatable bonds is 7. The van der Waals surface area contributed by atoms with Gasteiger partial charge >= 0.3 is 0 Å². The second-order valence-corrected chi connectivity index (χ2v) is 6.77. The number of ether oxygens (including phenoxy) is 1. The van der Waals surface area contributed by atoms with E-state index in [4.69, 9.17) is 16.3 Å². The van der Waals surface area contributed by atoms with Gasteiger partial charge in [-0.2, -0.15) is 0 Å². The van der Waals surface area contributed by atoms with Crippen molar-refractivity contribution >= 4 is 28.9 Å². The highest BCUT2D eigenvalue weighted by molar-refractivity contribution is 7.11. The van der Waals surface area contributed by atoms with Crippen LogP contribution in [-0.2, 0) is 19.4 Å². The van der Waals surface area contributed by atoms with Crippen LogP contribution in [0.2, 0.25) is 5.02 Å². The van der Waals surface area contributed by atoms with Crippen molar-refractivity contribution in [3.63, 3.8) is 0 Å². The van der Waals surface area contributed by atoms with Crippen molar-refractivity contribution in [1.29, 1.82) is 0 Å². The lowest BCUT2D eigenvalue weighted by Gasteiger charge is -2.13. The summed E-state index contributed by atoms with van der Waals surface area (Å²) >= 11 is 7.75. The zero-order chi connectivity index (χ0) is 17.4. The number of nitrogens with one attached hydrogen (secondary N) is 2. The second kappa shape index (κ2) is 9.49. The number of aliphatic imine (C=N–C) groups is 1. The smallest absolute Gasteiger partial charge is 0.191 e. The first-order valence-electron chi connectivity index (χ1n) is 7.86. The molecule has 5 nitrogen and oxygen atoms in total. The van der Waals surface area contributed by atoms with Crippen LogP contribution in [0.15, 0.2) is 29.4 Å². The highest BCUT2D eigenvalue weighted by atomic mass is 35.5. The van der Waals surface area contributed by atoms with Crippen LogP contribution in [-0.4, -0.2) is 31.6 Å². The summed E-state index contributed by atoms with van der Waals surface area (Å²) in [5, 5.41) is 8.39. The SMILES string of the molecule is CCc1cnc(CCNC(=NC)NCc2ccc(Cl)cc2OC)s1. The summed E-state index contributed by atoms with van der Waals surface area (Å²) in [5.74, 6) is 1.51. The molecular weight excluding hydrogens is 344 g/mol. The maximum absolute atomic E-state index is 5.98. The molecule has 2 aromatic rings. The molecule has 1 aromatic heterocycles. The molecule has 0 fully saturated rings. The van der Waals surface area contributed by atoms with Gasteiger partial charge in [0.2, 0.25) is 0 Å². The molecule has 0 unspecified atom stereocenters. The number of aromatic nitrogens is 1. The van der Waals surface area contributed by atoms with Crippen LogP contribution < -0.4 is 15.4 Å². The minimum Gasteiger partial charge on any atom is -0.496 e. The van der Waals surface area contributed by atoms with E-state index in [1.54, 1.807) is 25.5 Å². The molecular formula is C17H23ClN4OS. The molecule has 0 aliphatic carbocycles. The largest absolute Gasteiger partial charge is 0.496 e. The van der Waals surface area contributed by atoms with Crippen molar-refractivity contribution in [3.05, 3.63) is 44.9 Å². The Hall–Kier alpha value is -1.79. The lowest BCUT2D eigenvalue weighted by molar-refractivity contribution is 0.409. The maximum Gasteiger partial charge on any atom is 0.191 e. The molecule has 0 aliphatic rings. The highest BCUT2D eigenvalue weighted by Gasteiger charge is 2.06. The summed E-state index contributed by atoms with van der Waals surface area (Å²) in [7, 11) is 3.40. The van der Waals surface area contributed by atoms with E-state index in [9.17, 15) is 0 Å². The predicted octanol–water partition coefficient (Wildman–Crippen LogP) is 3.28. The van der Waals surface area contributed by atoms with Gasteiger partial charge in [0.1, 0.15) is 5.75 Å². The average molecular weight is 367 g/mol. The van der Waals surface area contributed by atoms with E-state index in [1.165, 1.54) is 4.88 Å². The fourth-order valence-electron chi connectivity index (χ4n) is 2.18. The van der Waals surface area contributed by atoms with E-state index in [2.05, 4.69) is 27.5 Å². The van der Waals surface area contributed by atoms with Crippen LogP contribution in [0.5, 0.6) is 5.75 Å². The first-order valence-corrected chi connectivity index (χ1v) is 9.06. The van der Waals surface area contributed by atoms with Gasteiger partial charge in [-0.25, -0.2) is 4.98 Å². The molecule has 0 saturated heterocycles. The topological polar surface area (TPSA) is 58.5 Å². The van der Waals surface area contributed by atoms with Gasteiger partial charge in [0.25, 0.3) is 0 Å². The van der Waals surface area contributed by atoms with E-state index >= 15 is 0 Å². The quantitative estimate of drug-likeness (QED) is 0.583. The summed E-state index contributed by atoms with van der Waals surface area (Å²) in [6.07, 6.45) is 3.88. The van der Waals surface area contributed by atoms with E-state index in [-0.39, 0.29) is 0 Å². The lowest BCUT2D eigenvalue weighted by atomic mass is 10.2. The molecule has 0 radical (unpaired) electrons. The molecule has 24 heavy (non-hydrogen) atoms. The maximum atomic E-state index is 5.98. The van der Waals surface area contributed by atoms with E-state index in [0.717, 1.165) is 41.7 Å². The van der Waals surface area contributed by atoms with Crippen molar-refractivity contribution in [2.45, 2.75) is 26.3 Å². The summed E-state index contributed by atoms with van der Waals surface area (Å²) < 4.78 is 5.35. The first kappa shape index (κ1) is 18.5. The predicted molar refractivity (Wildman–Crippen MR) is 101 cm³/mol. The first-order chi connectivity index (χ1) is 11.7. The fourth-order valence-corrected chi connectivity index (χ4v) is 3.20. The Labute approximate surface area is 152 Å². The molecule has 0 aliphatic heterocycles. The van der Waals surface area contributed by atoms with Gasteiger partial charge in [0.15, 0.2) is 5.96 Å². The zero-order valence-electron chi connectivity index (χ0n) is 14.2. The van der Waals surface area contributed by atoms with Crippen molar-refractivity contribution < 1.29 is 4.74 Å². The van der Waals surface area contributed by atoms with Gasteiger partial charge in [0.05, 0.1) is 12.1 Å². The second-order valence-electron chi connectivity index (χ2n) is 5.13. The van der Waals surface area contributed by atoms with Crippen LogP contribution >= 0.6 is 22.9 Å². The summed E-state index contributed by atoms with van der Waals surface area (Å²) in [6.45, 7) is 3.54. The Balaban J connectivity index is 1.82. The van der Waals surface area contributed by atoms with Crippen LogP contribution in [0.4, 0.5) is 0 Å². The Bertz CT molecular complexity index is 687. The van der Waals surface area contributed by atoms with Crippen molar-refractivity contribution in [2.24, 2.45) is 4.99 Å². The molecule has 1 aromatic carbocycles.